The van der Waals surface area contributed by atoms with E-state index in [0.717, 1.165) is 47.8 Å². The third-order valence-electron chi connectivity index (χ3n) is 7.33. The molecule has 1 saturated heterocycles. The Balaban J connectivity index is 1.33. The molecule has 5 rings (SSSR count). The highest BCUT2D eigenvalue weighted by Gasteiger charge is 2.35. The molecule has 0 bridgehead atoms. The maximum atomic E-state index is 14.0. The number of hydrogen-bond donors (Lipinski definition) is 0. The highest BCUT2D eigenvalue weighted by molar-refractivity contribution is 5.97. The third-order valence-corrected chi connectivity index (χ3v) is 7.33. The van der Waals surface area contributed by atoms with E-state index in [9.17, 15) is 18.0 Å². The molecule has 1 aliphatic rings. The number of carbonyl (C=O) groups excluding carboxylic acids is 1. The number of benzene rings is 2. The first-order chi connectivity index (χ1) is 19.2. The lowest BCUT2D eigenvalue weighted by Gasteiger charge is -2.20. The maximum absolute atomic E-state index is 14.0. The van der Waals surface area contributed by atoms with Crippen molar-refractivity contribution in [3.63, 3.8) is 0 Å². The SMILES string of the molecule is Cc1ccc(CC(=O)c2ccc(CN3CC[C@@H](C)C3)c(C(F)(F)F)c2)cc1Cc1nccc(-c2cncnc2)n1. The van der Waals surface area contributed by atoms with Gasteiger partial charge in [-0.05, 0) is 60.2 Å². The van der Waals surface area contributed by atoms with Gasteiger partial charge in [-0.1, -0.05) is 37.3 Å². The quantitative estimate of drug-likeness (QED) is 0.249. The molecule has 0 radical (unpaired) electrons. The summed E-state index contributed by atoms with van der Waals surface area (Å²) in [4.78, 5) is 32.3. The summed E-state index contributed by atoms with van der Waals surface area (Å²) in [6.45, 7) is 5.86. The van der Waals surface area contributed by atoms with E-state index in [4.69, 9.17) is 0 Å². The van der Waals surface area contributed by atoms with Gasteiger partial charge in [0.25, 0.3) is 0 Å². The van der Waals surface area contributed by atoms with Gasteiger partial charge < -0.3 is 0 Å². The second-order valence-electron chi connectivity index (χ2n) is 10.5. The smallest absolute Gasteiger partial charge is 0.299 e. The molecule has 0 amide bonds. The molecule has 3 heterocycles. The van der Waals surface area contributed by atoms with Crippen molar-refractivity contribution >= 4 is 5.78 Å². The summed E-state index contributed by atoms with van der Waals surface area (Å²) in [5.41, 5.74) is 3.70. The molecule has 1 aliphatic heterocycles. The standard InChI is InChI=1S/C31H30F3N5O/c1-20-8-10-39(17-20)18-24-6-5-23(13-27(24)31(32,33)34)29(40)12-22-4-3-21(2)25(11-22)14-30-37-9-7-28(38-30)26-15-35-19-36-16-26/h3-7,9,11,13,15-16,19-20H,8,10,12,14,17-18H2,1-2H3/t20-/m1/s1. The van der Waals surface area contributed by atoms with Crippen molar-refractivity contribution in [2.75, 3.05) is 13.1 Å². The zero-order valence-corrected chi connectivity index (χ0v) is 22.4. The topological polar surface area (TPSA) is 71.9 Å². The summed E-state index contributed by atoms with van der Waals surface area (Å²) in [6, 6.07) is 11.4. The molecule has 2 aromatic heterocycles. The summed E-state index contributed by atoms with van der Waals surface area (Å²) in [5.74, 6) is 0.721. The highest BCUT2D eigenvalue weighted by Crippen LogP contribution is 2.34. The second-order valence-corrected chi connectivity index (χ2v) is 10.5. The summed E-state index contributed by atoms with van der Waals surface area (Å²) in [5, 5.41) is 0. The van der Waals surface area contributed by atoms with Gasteiger partial charge in [0.1, 0.15) is 12.2 Å². The van der Waals surface area contributed by atoms with Gasteiger partial charge in [0.15, 0.2) is 5.78 Å². The average Bonchev–Trinajstić information content (AvgIpc) is 3.35. The number of ketones is 1. The molecule has 9 heteroatoms. The van der Waals surface area contributed by atoms with E-state index in [1.807, 2.05) is 30.0 Å². The number of halogens is 3. The number of rotatable bonds is 8. The molecule has 206 valence electrons. The van der Waals surface area contributed by atoms with E-state index in [1.165, 1.54) is 18.5 Å². The van der Waals surface area contributed by atoms with Crippen LogP contribution in [0, 0.1) is 12.8 Å². The van der Waals surface area contributed by atoms with Gasteiger partial charge in [-0.25, -0.2) is 19.9 Å². The molecule has 0 aliphatic carbocycles. The number of nitrogens with zero attached hydrogens (tertiary/aromatic N) is 5. The van der Waals surface area contributed by atoms with E-state index < -0.39 is 11.7 Å². The number of Topliss-reactive ketones (excluding diaryl/α,β-unsaturated/α-hetero) is 1. The lowest BCUT2D eigenvalue weighted by atomic mass is 9.95. The first kappa shape index (κ1) is 27.6. The predicted octanol–water partition coefficient (Wildman–Crippen LogP) is 6.12. The molecule has 2 aromatic carbocycles. The number of aromatic nitrogens is 4. The normalized spacial score (nSPS) is 15.9. The van der Waals surface area contributed by atoms with Gasteiger partial charge in [0.2, 0.25) is 0 Å². The largest absolute Gasteiger partial charge is 0.416 e. The van der Waals surface area contributed by atoms with Crippen molar-refractivity contribution in [3.05, 3.63) is 107 Å². The number of carbonyl (C=O) groups is 1. The minimum Gasteiger partial charge on any atom is -0.299 e. The van der Waals surface area contributed by atoms with E-state index in [0.29, 0.717) is 23.9 Å². The van der Waals surface area contributed by atoms with E-state index in [-0.39, 0.29) is 29.9 Å². The highest BCUT2D eigenvalue weighted by atomic mass is 19.4. The monoisotopic (exact) mass is 545 g/mol. The van der Waals surface area contributed by atoms with E-state index in [2.05, 4.69) is 26.9 Å². The van der Waals surface area contributed by atoms with E-state index in [1.54, 1.807) is 24.7 Å². The number of alkyl halides is 3. The molecule has 1 fully saturated rings. The van der Waals surface area contributed by atoms with E-state index >= 15 is 0 Å². The molecule has 1 atom stereocenters. The van der Waals surface area contributed by atoms with Crippen molar-refractivity contribution in [2.24, 2.45) is 5.92 Å². The van der Waals surface area contributed by atoms with Crippen molar-refractivity contribution in [1.82, 2.24) is 24.8 Å². The van der Waals surface area contributed by atoms with Gasteiger partial charge in [-0.3, -0.25) is 9.69 Å². The van der Waals surface area contributed by atoms with Gasteiger partial charge in [-0.15, -0.1) is 0 Å². The van der Waals surface area contributed by atoms with Crippen LogP contribution in [0.3, 0.4) is 0 Å². The van der Waals surface area contributed by atoms with Crippen molar-refractivity contribution < 1.29 is 18.0 Å². The Bertz CT molecular complexity index is 1510. The Morgan fingerprint density at radius 1 is 1.05 bits per heavy atom. The van der Waals surface area contributed by atoms with Crippen LogP contribution in [0.25, 0.3) is 11.3 Å². The van der Waals surface area contributed by atoms with Crippen LogP contribution in [0.5, 0.6) is 0 Å². The second kappa shape index (κ2) is 11.6. The van der Waals surface area contributed by atoms with Crippen molar-refractivity contribution in [1.29, 1.82) is 0 Å². The fourth-order valence-corrected chi connectivity index (χ4v) is 5.12. The summed E-state index contributed by atoms with van der Waals surface area (Å²) < 4.78 is 41.9. The minimum absolute atomic E-state index is 0.00415. The Morgan fingerprint density at radius 3 is 2.58 bits per heavy atom. The number of hydrogen-bond acceptors (Lipinski definition) is 6. The van der Waals surface area contributed by atoms with Crippen LogP contribution in [0.1, 0.15) is 57.3 Å². The predicted molar refractivity (Wildman–Crippen MR) is 146 cm³/mol. The van der Waals surface area contributed by atoms with Crippen molar-refractivity contribution in [2.45, 2.75) is 45.8 Å². The fourth-order valence-electron chi connectivity index (χ4n) is 5.12. The van der Waals surface area contributed by atoms with Crippen LogP contribution in [0.4, 0.5) is 13.2 Å². The van der Waals surface area contributed by atoms with Crippen LogP contribution in [-0.2, 0) is 25.6 Å². The van der Waals surface area contributed by atoms with Crippen LogP contribution in [0.2, 0.25) is 0 Å². The molecule has 0 unspecified atom stereocenters. The average molecular weight is 546 g/mol. The van der Waals surface area contributed by atoms with Crippen LogP contribution in [0.15, 0.2) is 67.4 Å². The molecule has 40 heavy (non-hydrogen) atoms. The number of likely N-dealkylation sites (tertiary alicyclic amines) is 1. The Labute approximate surface area is 231 Å². The molecule has 4 aromatic rings. The van der Waals surface area contributed by atoms with Gasteiger partial charge >= 0.3 is 6.18 Å². The molecule has 0 N–H and O–H groups in total. The first-order valence-corrected chi connectivity index (χ1v) is 13.3. The summed E-state index contributed by atoms with van der Waals surface area (Å²) in [7, 11) is 0. The summed E-state index contributed by atoms with van der Waals surface area (Å²) in [6.07, 6.45) is 3.38. The van der Waals surface area contributed by atoms with Crippen LogP contribution in [-0.4, -0.2) is 43.7 Å². The summed E-state index contributed by atoms with van der Waals surface area (Å²) >= 11 is 0. The van der Waals surface area contributed by atoms with Crippen LogP contribution < -0.4 is 0 Å². The lowest BCUT2D eigenvalue weighted by Crippen LogP contribution is -2.22. The molecule has 0 saturated carbocycles. The fraction of sp³-hybridized carbons (Fsp3) is 0.323. The Kier molecular flexibility index (Phi) is 8.02. The Hall–Kier alpha value is -3.98. The van der Waals surface area contributed by atoms with Gasteiger partial charge in [0, 0.05) is 55.6 Å². The Morgan fingerprint density at radius 2 is 1.85 bits per heavy atom. The maximum Gasteiger partial charge on any atom is 0.416 e. The zero-order chi connectivity index (χ0) is 28.3. The lowest BCUT2D eigenvalue weighted by molar-refractivity contribution is -0.138. The van der Waals surface area contributed by atoms with Gasteiger partial charge in [-0.2, -0.15) is 13.2 Å². The molecular weight excluding hydrogens is 515 g/mol. The molecular formula is C31H30F3N5O. The van der Waals surface area contributed by atoms with Crippen molar-refractivity contribution in [3.8, 4) is 11.3 Å². The first-order valence-electron chi connectivity index (χ1n) is 13.3. The number of aryl methyl sites for hydroxylation is 1. The molecule has 0 spiro atoms. The van der Waals surface area contributed by atoms with Crippen LogP contribution >= 0.6 is 0 Å². The zero-order valence-electron chi connectivity index (χ0n) is 22.4. The van der Waals surface area contributed by atoms with Gasteiger partial charge in [0.05, 0.1) is 11.3 Å². The third kappa shape index (κ3) is 6.59. The molecule has 6 nitrogen and oxygen atoms in total. The minimum atomic E-state index is -4.53.